The molecule has 1 aromatic carbocycles. The molecule has 0 atom stereocenters. The Bertz CT molecular complexity index is 1360. The molecule has 3 heterocycles. The van der Waals surface area contributed by atoms with Gasteiger partial charge in [-0.2, -0.15) is 17.5 Å². The van der Waals surface area contributed by atoms with Gasteiger partial charge >= 0.3 is 11.9 Å². The van der Waals surface area contributed by atoms with Gasteiger partial charge in [0.15, 0.2) is 0 Å². The Morgan fingerprint density at radius 3 is 2.52 bits per heavy atom. The third kappa shape index (κ3) is 3.12. The van der Waals surface area contributed by atoms with E-state index in [4.69, 9.17) is 0 Å². The zero-order chi connectivity index (χ0) is 20.9. The molecule has 0 radical (unpaired) electrons. The maximum atomic E-state index is 14.7. The highest BCUT2D eigenvalue weighted by Crippen LogP contribution is 2.32. The third-order valence-electron chi connectivity index (χ3n) is 4.30. The summed E-state index contributed by atoms with van der Waals surface area (Å²) in [4.78, 5) is 28.9. The van der Waals surface area contributed by atoms with Crippen molar-refractivity contribution in [3.05, 3.63) is 74.9 Å². The molecule has 0 saturated heterocycles. The van der Waals surface area contributed by atoms with Gasteiger partial charge in [-0.05, 0) is 35.8 Å². The van der Waals surface area contributed by atoms with Gasteiger partial charge < -0.3 is 0 Å². The summed E-state index contributed by atoms with van der Waals surface area (Å²) in [7, 11) is 0.864. The monoisotopic (exact) mass is 422 g/mol. The van der Waals surface area contributed by atoms with Crippen LogP contribution in [0.4, 0.5) is 17.6 Å². The minimum Gasteiger partial charge on any atom is -0.292 e. The summed E-state index contributed by atoms with van der Waals surface area (Å²) in [5, 5.41) is 0.416. The average molecular weight is 422 g/mol. The number of nitrogens with zero attached hydrogens (tertiary/aromatic N) is 4. The highest BCUT2D eigenvalue weighted by molar-refractivity contribution is 7.13. The highest BCUT2D eigenvalue weighted by atomic mass is 32.1. The summed E-state index contributed by atoms with van der Waals surface area (Å²) < 4.78 is 59.1. The number of aromatic nitrogens is 4. The second kappa shape index (κ2) is 6.62. The number of alkyl halides is 3. The van der Waals surface area contributed by atoms with Crippen LogP contribution in [-0.4, -0.2) is 18.5 Å². The van der Waals surface area contributed by atoms with Crippen molar-refractivity contribution in [2.45, 2.75) is 6.18 Å². The molecule has 0 aliphatic heterocycles. The Labute approximate surface area is 163 Å². The summed E-state index contributed by atoms with van der Waals surface area (Å²) in [5.41, 5.74) is -3.59. The molecule has 29 heavy (non-hydrogen) atoms. The third-order valence-corrected chi connectivity index (χ3v) is 5.11. The van der Waals surface area contributed by atoms with Gasteiger partial charge in [-0.3, -0.25) is 14.3 Å². The molecule has 0 spiro atoms. The Morgan fingerprint density at radius 1 is 1.10 bits per heavy atom. The fourth-order valence-corrected chi connectivity index (χ4v) is 3.72. The van der Waals surface area contributed by atoms with Crippen LogP contribution in [0, 0.1) is 5.82 Å². The summed E-state index contributed by atoms with van der Waals surface area (Å²) in [6, 6.07) is 7.67. The highest BCUT2D eigenvalue weighted by Gasteiger charge is 2.35. The molecule has 6 nitrogen and oxygen atoms in total. The van der Waals surface area contributed by atoms with Crippen LogP contribution >= 0.6 is 11.5 Å². The zero-order valence-corrected chi connectivity index (χ0v) is 15.4. The van der Waals surface area contributed by atoms with E-state index in [0.29, 0.717) is 26.0 Å². The van der Waals surface area contributed by atoms with E-state index in [1.807, 2.05) is 0 Å². The maximum Gasteiger partial charge on any atom is 0.431 e. The zero-order valence-electron chi connectivity index (χ0n) is 14.6. The second-order valence-corrected chi connectivity index (χ2v) is 6.89. The summed E-state index contributed by atoms with van der Waals surface area (Å²) in [6.07, 6.45) is -3.36. The first-order valence-corrected chi connectivity index (χ1v) is 8.87. The topological polar surface area (TPSA) is 69.8 Å². The van der Waals surface area contributed by atoms with Crippen LogP contribution in [0.3, 0.4) is 0 Å². The summed E-state index contributed by atoms with van der Waals surface area (Å²) >= 11 is 0.995. The Kier molecular flexibility index (Phi) is 4.34. The number of pyridine rings is 1. The van der Waals surface area contributed by atoms with E-state index in [9.17, 15) is 27.2 Å². The lowest BCUT2D eigenvalue weighted by atomic mass is 10.1. The minimum absolute atomic E-state index is 0.260. The first-order chi connectivity index (χ1) is 13.7. The fraction of sp³-hybridized carbons (Fsp3) is 0.111. The molecule has 3 aromatic heterocycles. The van der Waals surface area contributed by atoms with E-state index in [0.717, 1.165) is 24.6 Å². The lowest BCUT2D eigenvalue weighted by Gasteiger charge is -2.14. The summed E-state index contributed by atoms with van der Waals surface area (Å²) in [5.74, 6) is -0.937. The number of halogens is 4. The lowest BCUT2D eigenvalue weighted by Crippen LogP contribution is -2.41. The molecule has 0 unspecified atom stereocenters. The molecule has 0 N–H and O–H groups in total. The number of fused-ring (bicyclic) bond motifs is 1. The van der Waals surface area contributed by atoms with Crippen molar-refractivity contribution in [1.29, 1.82) is 0 Å². The molecule has 0 aliphatic carbocycles. The van der Waals surface area contributed by atoms with Crippen LogP contribution in [0.5, 0.6) is 0 Å². The van der Waals surface area contributed by atoms with Crippen LogP contribution in [0.1, 0.15) is 5.69 Å². The second-order valence-electron chi connectivity index (χ2n) is 6.09. The van der Waals surface area contributed by atoms with E-state index in [2.05, 4.69) is 9.36 Å². The van der Waals surface area contributed by atoms with Gasteiger partial charge in [-0.25, -0.2) is 13.8 Å². The van der Waals surface area contributed by atoms with E-state index in [1.54, 1.807) is 24.4 Å². The predicted octanol–water partition coefficient (Wildman–Crippen LogP) is 3.37. The number of hydrogen-bond acceptors (Lipinski definition) is 5. The Morgan fingerprint density at radius 2 is 1.86 bits per heavy atom. The van der Waals surface area contributed by atoms with E-state index >= 15 is 0 Å². The molecule has 4 rings (SSSR count). The van der Waals surface area contributed by atoms with Crippen molar-refractivity contribution < 1.29 is 17.6 Å². The number of rotatable bonds is 2. The number of hydrogen-bond donors (Lipinski definition) is 0. The normalized spacial score (nSPS) is 11.9. The Hall–Kier alpha value is -3.34. The van der Waals surface area contributed by atoms with Crippen molar-refractivity contribution in [2.24, 2.45) is 7.05 Å². The van der Waals surface area contributed by atoms with Gasteiger partial charge in [-0.15, -0.1) is 0 Å². The molecule has 0 bridgehead atoms. The largest absolute Gasteiger partial charge is 0.431 e. The van der Waals surface area contributed by atoms with Crippen molar-refractivity contribution in [3.8, 4) is 17.1 Å². The molecule has 4 aromatic rings. The molecule has 0 aliphatic rings. The number of benzene rings is 1. The van der Waals surface area contributed by atoms with Gasteiger partial charge in [0.1, 0.15) is 17.2 Å². The van der Waals surface area contributed by atoms with E-state index in [-0.39, 0.29) is 10.6 Å². The van der Waals surface area contributed by atoms with Crippen molar-refractivity contribution in [2.75, 3.05) is 0 Å². The summed E-state index contributed by atoms with van der Waals surface area (Å²) in [6.45, 7) is 0. The predicted molar refractivity (Wildman–Crippen MR) is 98.6 cm³/mol. The van der Waals surface area contributed by atoms with Crippen molar-refractivity contribution in [3.63, 3.8) is 0 Å². The van der Waals surface area contributed by atoms with Crippen molar-refractivity contribution >= 4 is 21.6 Å². The molecule has 0 fully saturated rings. The quantitative estimate of drug-likeness (QED) is 0.465. The van der Waals surface area contributed by atoms with Crippen LogP contribution < -0.4 is 11.2 Å². The SMILES string of the molecule is Cn1c(C(F)(F)F)cc(=O)n(-c2cc3c(-c4ccccn4)nsc3cc2F)c1=O. The molecular weight excluding hydrogens is 412 g/mol. The van der Waals surface area contributed by atoms with Gasteiger partial charge in [0, 0.05) is 24.7 Å². The van der Waals surface area contributed by atoms with Crippen LogP contribution in [0.15, 0.2) is 52.2 Å². The van der Waals surface area contributed by atoms with Gasteiger partial charge in [0.2, 0.25) is 0 Å². The van der Waals surface area contributed by atoms with Gasteiger partial charge in [0.05, 0.1) is 16.1 Å². The first kappa shape index (κ1) is 19.0. The maximum absolute atomic E-state index is 14.7. The molecule has 11 heteroatoms. The minimum atomic E-state index is -4.90. The molecule has 148 valence electrons. The lowest BCUT2D eigenvalue weighted by molar-refractivity contribution is -0.144. The van der Waals surface area contributed by atoms with Crippen LogP contribution in [0.25, 0.3) is 27.2 Å². The smallest absolute Gasteiger partial charge is 0.292 e. The molecular formula is C18H10F4N4O2S. The van der Waals surface area contributed by atoms with Crippen molar-refractivity contribution in [1.82, 2.24) is 18.5 Å². The molecule has 0 amide bonds. The molecule has 0 saturated carbocycles. The Balaban J connectivity index is 2.01. The fourth-order valence-electron chi connectivity index (χ4n) is 2.93. The average Bonchev–Trinajstić information content (AvgIpc) is 3.07. The van der Waals surface area contributed by atoms with E-state index in [1.165, 1.54) is 6.07 Å². The van der Waals surface area contributed by atoms with E-state index < -0.39 is 34.6 Å². The van der Waals surface area contributed by atoms with Crippen LogP contribution in [-0.2, 0) is 13.2 Å². The first-order valence-electron chi connectivity index (χ1n) is 8.09. The van der Waals surface area contributed by atoms with Gasteiger partial charge in [0.25, 0.3) is 5.56 Å². The van der Waals surface area contributed by atoms with Crippen LogP contribution in [0.2, 0.25) is 0 Å². The van der Waals surface area contributed by atoms with Gasteiger partial charge in [-0.1, -0.05) is 6.07 Å². The standard InChI is InChI=1S/C18H10F4N4O2S/c1-25-14(18(20,21)22)8-15(27)26(17(25)28)12-6-9-13(7-10(12)19)29-24-16(9)11-4-2-3-5-23-11/h2-8H,1H3.